The summed E-state index contributed by atoms with van der Waals surface area (Å²) in [6, 6.07) is 0.324. The Labute approximate surface area is 112 Å². The van der Waals surface area contributed by atoms with E-state index >= 15 is 0 Å². The summed E-state index contributed by atoms with van der Waals surface area (Å²) in [7, 11) is 0. The zero-order valence-electron chi connectivity index (χ0n) is 12.8. The molecule has 0 fully saturated rings. The van der Waals surface area contributed by atoms with E-state index in [2.05, 4.69) is 31.4 Å². The first kappa shape index (κ1) is 17.2. The molecule has 0 saturated heterocycles. The van der Waals surface area contributed by atoms with Crippen molar-refractivity contribution in [2.45, 2.75) is 66.0 Å². The maximum absolute atomic E-state index is 11.5. The predicted molar refractivity (Wildman–Crippen MR) is 75.8 cm³/mol. The van der Waals surface area contributed by atoms with E-state index in [1.54, 1.807) is 0 Å². The van der Waals surface area contributed by atoms with E-state index in [1.165, 1.54) is 0 Å². The average Bonchev–Trinajstić information content (AvgIpc) is 2.19. The summed E-state index contributed by atoms with van der Waals surface area (Å²) in [6.45, 7) is 13.7. The van der Waals surface area contributed by atoms with Gasteiger partial charge in [-0.3, -0.25) is 0 Å². The van der Waals surface area contributed by atoms with E-state index < -0.39 is 5.60 Å². The highest BCUT2D eigenvalue weighted by Crippen LogP contribution is 2.06. The van der Waals surface area contributed by atoms with Crippen molar-refractivity contribution < 1.29 is 9.53 Å². The Morgan fingerprint density at radius 2 is 1.83 bits per heavy atom. The third-order valence-corrected chi connectivity index (χ3v) is 2.34. The summed E-state index contributed by atoms with van der Waals surface area (Å²) in [5.74, 6) is 0.617. The first-order valence-electron chi connectivity index (χ1n) is 6.94. The van der Waals surface area contributed by atoms with Crippen LogP contribution < -0.4 is 10.6 Å². The van der Waals surface area contributed by atoms with Gasteiger partial charge in [-0.15, -0.1) is 0 Å². The van der Waals surface area contributed by atoms with Crippen LogP contribution in [0.15, 0.2) is 0 Å². The van der Waals surface area contributed by atoms with E-state index in [1.807, 2.05) is 20.8 Å². The number of amides is 1. The summed E-state index contributed by atoms with van der Waals surface area (Å²) >= 11 is 0. The second-order valence-electron chi connectivity index (χ2n) is 6.17. The summed E-state index contributed by atoms with van der Waals surface area (Å²) < 4.78 is 5.21. The number of carbonyl (C=O) groups is 1. The summed E-state index contributed by atoms with van der Waals surface area (Å²) in [4.78, 5) is 11.5. The van der Waals surface area contributed by atoms with Crippen LogP contribution in [0.1, 0.15) is 54.4 Å². The van der Waals surface area contributed by atoms with Crippen LogP contribution in [0.3, 0.4) is 0 Å². The molecule has 0 spiro atoms. The lowest BCUT2D eigenvalue weighted by Gasteiger charge is -2.23. The van der Waals surface area contributed by atoms with Crippen molar-refractivity contribution in [3.05, 3.63) is 0 Å². The lowest BCUT2D eigenvalue weighted by atomic mass is 10.1. The molecule has 0 rings (SSSR count). The fraction of sp³-hybridized carbons (Fsp3) is 0.929. The Bertz CT molecular complexity index is 234. The monoisotopic (exact) mass is 258 g/mol. The molecule has 0 aliphatic heterocycles. The highest BCUT2D eigenvalue weighted by atomic mass is 16.6. The summed E-state index contributed by atoms with van der Waals surface area (Å²) in [6.07, 6.45) is 1.82. The van der Waals surface area contributed by atoms with Crippen molar-refractivity contribution in [3.63, 3.8) is 0 Å². The lowest BCUT2D eigenvalue weighted by molar-refractivity contribution is 0.0521. The molecule has 108 valence electrons. The van der Waals surface area contributed by atoms with Crippen molar-refractivity contribution >= 4 is 6.09 Å². The summed E-state index contributed by atoms with van der Waals surface area (Å²) in [5, 5.41) is 6.29. The minimum atomic E-state index is -0.435. The normalized spacial score (nSPS) is 13.5. The Morgan fingerprint density at radius 1 is 1.22 bits per heavy atom. The standard InChI is InChI=1S/C14H30N2O2/c1-7-8-12(15-9-11(2)3)10-16-13(17)18-14(4,5)6/h11-12,15H,7-10H2,1-6H3,(H,16,17). The third kappa shape index (κ3) is 10.4. The van der Waals surface area contributed by atoms with Gasteiger partial charge in [0.05, 0.1) is 0 Å². The minimum Gasteiger partial charge on any atom is -0.444 e. The number of hydrogen-bond acceptors (Lipinski definition) is 3. The first-order valence-corrected chi connectivity index (χ1v) is 6.94. The molecule has 18 heavy (non-hydrogen) atoms. The predicted octanol–water partition coefficient (Wildman–Crippen LogP) is 2.93. The van der Waals surface area contributed by atoms with Crippen molar-refractivity contribution in [1.82, 2.24) is 10.6 Å². The van der Waals surface area contributed by atoms with Gasteiger partial charge in [-0.2, -0.15) is 0 Å². The molecule has 0 saturated carbocycles. The first-order chi connectivity index (χ1) is 8.24. The molecule has 0 aliphatic carbocycles. The molecule has 1 amide bonds. The van der Waals surface area contributed by atoms with Gasteiger partial charge in [-0.25, -0.2) is 4.79 Å². The van der Waals surface area contributed by atoms with Gasteiger partial charge in [-0.1, -0.05) is 27.2 Å². The molecule has 2 N–H and O–H groups in total. The number of hydrogen-bond donors (Lipinski definition) is 2. The molecule has 4 heteroatoms. The molecular weight excluding hydrogens is 228 g/mol. The van der Waals surface area contributed by atoms with Crippen LogP contribution >= 0.6 is 0 Å². The van der Waals surface area contributed by atoms with Crippen molar-refractivity contribution in [3.8, 4) is 0 Å². The highest BCUT2D eigenvalue weighted by molar-refractivity contribution is 5.67. The molecule has 0 bridgehead atoms. The van der Waals surface area contributed by atoms with E-state index in [0.717, 1.165) is 19.4 Å². The van der Waals surface area contributed by atoms with Gasteiger partial charge in [0.25, 0.3) is 0 Å². The van der Waals surface area contributed by atoms with Gasteiger partial charge < -0.3 is 15.4 Å². The van der Waals surface area contributed by atoms with Crippen LogP contribution in [-0.2, 0) is 4.74 Å². The van der Waals surface area contributed by atoms with Gasteiger partial charge in [0.2, 0.25) is 0 Å². The Morgan fingerprint density at radius 3 is 2.28 bits per heavy atom. The van der Waals surface area contributed by atoms with Crippen molar-refractivity contribution in [2.75, 3.05) is 13.1 Å². The number of carbonyl (C=O) groups excluding carboxylic acids is 1. The SMILES string of the molecule is CCCC(CNC(=O)OC(C)(C)C)NCC(C)C. The molecular formula is C14H30N2O2. The highest BCUT2D eigenvalue weighted by Gasteiger charge is 2.17. The second-order valence-corrected chi connectivity index (χ2v) is 6.17. The molecule has 0 aliphatic rings. The van der Waals surface area contributed by atoms with Crippen molar-refractivity contribution in [1.29, 1.82) is 0 Å². The van der Waals surface area contributed by atoms with E-state index in [4.69, 9.17) is 4.74 Å². The Hall–Kier alpha value is -0.770. The van der Waals surface area contributed by atoms with Crippen LogP contribution in [0, 0.1) is 5.92 Å². The Balaban J connectivity index is 3.98. The third-order valence-electron chi connectivity index (χ3n) is 2.34. The van der Waals surface area contributed by atoms with E-state index in [-0.39, 0.29) is 6.09 Å². The van der Waals surface area contributed by atoms with E-state index in [9.17, 15) is 4.79 Å². The fourth-order valence-corrected chi connectivity index (χ4v) is 1.55. The lowest BCUT2D eigenvalue weighted by Crippen LogP contribution is -2.43. The molecule has 0 aromatic heterocycles. The van der Waals surface area contributed by atoms with Crippen LogP contribution in [0.2, 0.25) is 0 Å². The van der Waals surface area contributed by atoms with Crippen LogP contribution in [-0.4, -0.2) is 30.8 Å². The number of rotatable bonds is 7. The van der Waals surface area contributed by atoms with Gasteiger partial charge in [-0.05, 0) is 39.7 Å². The largest absolute Gasteiger partial charge is 0.444 e. The topological polar surface area (TPSA) is 50.4 Å². The quantitative estimate of drug-likeness (QED) is 0.738. The molecule has 4 nitrogen and oxygen atoms in total. The number of nitrogens with one attached hydrogen (secondary N) is 2. The Kier molecular flexibility index (Phi) is 8.00. The second kappa shape index (κ2) is 8.35. The van der Waals surface area contributed by atoms with E-state index in [0.29, 0.717) is 18.5 Å². The molecule has 0 heterocycles. The molecule has 1 atom stereocenters. The van der Waals surface area contributed by atoms with Crippen LogP contribution in [0.5, 0.6) is 0 Å². The van der Waals surface area contributed by atoms with Crippen LogP contribution in [0.4, 0.5) is 4.79 Å². The smallest absolute Gasteiger partial charge is 0.407 e. The number of ether oxygens (including phenoxy) is 1. The average molecular weight is 258 g/mol. The zero-order chi connectivity index (χ0) is 14.2. The van der Waals surface area contributed by atoms with Gasteiger partial charge in [0, 0.05) is 12.6 Å². The zero-order valence-corrected chi connectivity index (χ0v) is 12.8. The fourth-order valence-electron chi connectivity index (χ4n) is 1.55. The van der Waals surface area contributed by atoms with Gasteiger partial charge in [0.15, 0.2) is 0 Å². The van der Waals surface area contributed by atoms with Crippen molar-refractivity contribution in [2.24, 2.45) is 5.92 Å². The molecule has 0 aromatic carbocycles. The molecule has 0 aromatic rings. The molecule has 1 unspecified atom stereocenters. The maximum atomic E-state index is 11.5. The van der Waals surface area contributed by atoms with Crippen LogP contribution in [0.25, 0.3) is 0 Å². The minimum absolute atomic E-state index is 0.324. The van der Waals surface area contributed by atoms with Gasteiger partial charge >= 0.3 is 6.09 Å². The summed E-state index contributed by atoms with van der Waals surface area (Å²) in [5.41, 5.74) is -0.435. The number of alkyl carbamates (subject to hydrolysis) is 1. The molecule has 0 radical (unpaired) electrons. The van der Waals surface area contributed by atoms with Gasteiger partial charge in [0.1, 0.15) is 5.60 Å². The maximum Gasteiger partial charge on any atom is 0.407 e.